The Bertz CT molecular complexity index is 261. The van der Waals surface area contributed by atoms with E-state index >= 15 is 0 Å². The second-order valence-corrected chi connectivity index (χ2v) is 8.40. The van der Waals surface area contributed by atoms with Gasteiger partial charge >= 0.3 is 0 Å². The van der Waals surface area contributed by atoms with E-state index in [2.05, 4.69) is 51.3 Å². The van der Waals surface area contributed by atoms with Crippen LogP contribution in [0.15, 0.2) is 0 Å². The van der Waals surface area contributed by atoms with Crippen molar-refractivity contribution in [2.45, 2.75) is 79.3 Å². The molecular weight excluding hydrogens is 256 g/mol. The van der Waals surface area contributed by atoms with Crippen LogP contribution in [0, 0.1) is 18.3 Å². The second kappa shape index (κ2) is 9.15. The third kappa shape index (κ3) is 7.65. The van der Waals surface area contributed by atoms with Gasteiger partial charge in [-0.1, -0.05) is 48.0 Å². The van der Waals surface area contributed by atoms with Crippen molar-refractivity contribution >= 4 is 0 Å². The summed E-state index contributed by atoms with van der Waals surface area (Å²) in [6.07, 6.45) is 8.30. The molecule has 0 N–H and O–H groups in total. The lowest BCUT2D eigenvalue weighted by Crippen LogP contribution is -2.51. The summed E-state index contributed by atoms with van der Waals surface area (Å²) in [7, 11) is 0. The minimum atomic E-state index is 0.420. The molecule has 1 saturated heterocycles. The van der Waals surface area contributed by atoms with Crippen LogP contribution in [0.2, 0.25) is 0 Å². The zero-order valence-electron chi connectivity index (χ0n) is 15.3. The first-order valence-electron chi connectivity index (χ1n) is 9.11. The van der Waals surface area contributed by atoms with Crippen LogP contribution in [-0.4, -0.2) is 42.1 Å². The largest absolute Gasteiger partial charge is 0.288 e. The van der Waals surface area contributed by atoms with Gasteiger partial charge in [0.2, 0.25) is 0 Å². The van der Waals surface area contributed by atoms with Gasteiger partial charge in [0, 0.05) is 6.54 Å². The van der Waals surface area contributed by atoms with Crippen LogP contribution >= 0.6 is 0 Å². The molecule has 0 aromatic heterocycles. The van der Waals surface area contributed by atoms with Gasteiger partial charge in [-0.25, -0.2) is 0 Å². The molecule has 1 aliphatic rings. The summed E-state index contributed by atoms with van der Waals surface area (Å²) in [6.45, 7) is 21.0. The molecule has 125 valence electrons. The van der Waals surface area contributed by atoms with E-state index < -0.39 is 0 Å². The highest BCUT2D eigenvalue weighted by molar-refractivity contribution is 4.79. The number of hydrogen-bond acceptors (Lipinski definition) is 2. The topological polar surface area (TPSA) is 6.48 Å². The van der Waals surface area contributed by atoms with Crippen molar-refractivity contribution < 1.29 is 0 Å². The van der Waals surface area contributed by atoms with Gasteiger partial charge in [-0.05, 0) is 63.1 Å². The Kier molecular flexibility index (Phi) is 8.26. The van der Waals surface area contributed by atoms with Crippen molar-refractivity contribution in [3.8, 4) is 0 Å². The molecule has 2 heteroatoms. The molecule has 0 bridgehead atoms. The van der Waals surface area contributed by atoms with E-state index in [4.69, 9.17) is 0 Å². The molecule has 0 aromatic rings. The van der Waals surface area contributed by atoms with Crippen LogP contribution in [0.25, 0.3) is 0 Å². The number of likely N-dealkylation sites (tertiary alicyclic amines) is 1. The Morgan fingerprint density at radius 1 is 1.05 bits per heavy atom. The molecule has 1 atom stereocenters. The molecule has 1 unspecified atom stereocenters. The third-order valence-electron chi connectivity index (χ3n) is 4.63. The normalized spacial score (nSPS) is 19.4. The van der Waals surface area contributed by atoms with E-state index in [1.54, 1.807) is 0 Å². The summed E-state index contributed by atoms with van der Waals surface area (Å²) in [6, 6.07) is 0. The fraction of sp³-hybridized carbons (Fsp3) is 0.947. The summed E-state index contributed by atoms with van der Waals surface area (Å²) in [5.74, 6) is 0.786. The molecule has 1 heterocycles. The summed E-state index contributed by atoms with van der Waals surface area (Å²) in [5.41, 5.74) is 0.420. The van der Waals surface area contributed by atoms with Gasteiger partial charge in [-0.15, -0.1) is 0 Å². The summed E-state index contributed by atoms with van der Waals surface area (Å²) >= 11 is 0. The van der Waals surface area contributed by atoms with E-state index in [0.29, 0.717) is 11.6 Å². The lowest BCUT2D eigenvalue weighted by Gasteiger charge is -2.42. The highest BCUT2D eigenvalue weighted by Crippen LogP contribution is 2.23. The first kappa shape index (κ1) is 19.0. The van der Waals surface area contributed by atoms with Crippen LogP contribution in [0.1, 0.15) is 73.1 Å². The molecule has 0 spiro atoms. The Balaban J connectivity index is 2.65. The first-order chi connectivity index (χ1) is 9.83. The standard InChI is InChI=1S/C19H39N2/c1-7-18(20-13-9-8-10-14-20)21(15-11-17(2)3)16-12-19(4,5)6/h17-18H,1,7-16H2,2-6H3. The number of rotatable bonds is 8. The van der Waals surface area contributed by atoms with E-state index in [0.717, 1.165) is 12.3 Å². The van der Waals surface area contributed by atoms with Crippen LogP contribution in [0.4, 0.5) is 0 Å². The zero-order chi connectivity index (χ0) is 15.9. The van der Waals surface area contributed by atoms with E-state index in [9.17, 15) is 0 Å². The molecule has 1 aliphatic heterocycles. The molecule has 0 amide bonds. The minimum Gasteiger partial charge on any atom is -0.288 e. The molecule has 0 aromatic carbocycles. The van der Waals surface area contributed by atoms with Crippen molar-refractivity contribution in [2.75, 3.05) is 26.2 Å². The van der Waals surface area contributed by atoms with Gasteiger partial charge in [0.15, 0.2) is 0 Å². The zero-order valence-corrected chi connectivity index (χ0v) is 15.3. The van der Waals surface area contributed by atoms with Crippen molar-refractivity contribution in [3.63, 3.8) is 0 Å². The van der Waals surface area contributed by atoms with Crippen molar-refractivity contribution in [1.82, 2.24) is 9.80 Å². The van der Waals surface area contributed by atoms with Gasteiger partial charge in [-0.3, -0.25) is 9.80 Å². The van der Waals surface area contributed by atoms with Gasteiger partial charge in [0.25, 0.3) is 0 Å². The van der Waals surface area contributed by atoms with Gasteiger partial charge in [0.1, 0.15) is 0 Å². The molecular formula is C19H39N2. The molecule has 2 nitrogen and oxygen atoms in total. The number of piperidine rings is 1. The average molecular weight is 296 g/mol. The van der Waals surface area contributed by atoms with Gasteiger partial charge in [0.05, 0.1) is 6.17 Å². The monoisotopic (exact) mass is 295 g/mol. The minimum absolute atomic E-state index is 0.420. The quantitative estimate of drug-likeness (QED) is 0.634. The predicted molar refractivity (Wildman–Crippen MR) is 94.3 cm³/mol. The lowest BCUT2D eigenvalue weighted by molar-refractivity contribution is 0.0212. The van der Waals surface area contributed by atoms with Gasteiger partial charge in [-0.2, -0.15) is 0 Å². The highest BCUT2D eigenvalue weighted by Gasteiger charge is 2.26. The third-order valence-corrected chi connectivity index (χ3v) is 4.63. The predicted octanol–water partition coefficient (Wildman–Crippen LogP) is 4.81. The maximum Gasteiger partial charge on any atom is 0.0622 e. The lowest BCUT2D eigenvalue weighted by atomic mass is 9.92. The van der Waals surface area contributed by atoms with E-state index in [-0.39, 0.29) is 0 Å². The van der Waals surface area contributed by atoms with Crippen LogP contribution < -0.4 is 0 Å². The Morgan fingerprint density at radius 3 is 2.14 bits per heavy atom. The van der Waals surface area contributed by atoms with E-state index in [1.165, 1.54) is 58.3 Å². The van der Waals surface area contributed by atoms with E-state index in [1.807, 2.05) is 0 Å². The van der Waals surface area contributed by atoms with Gasteiger partial charge < -0.3 is 0 Å². The smallest absolute Gasteiger partial charge is 0.0622 e. The van der Waals surface area contributed by atoms with Crippen molar-refractivity contribution in [2.24, 2.45) is 11.3 Å². The van der Waals surface area contributed by atoms with Crippen molar-refractivity contribution in [1.29, 1.82) is 0 Å². The Labute approximate surface area is 134 Å². The van der Waals surface area contributed by atoms with Crippen LogP contribution in [0.3, 0.4) is 0 Å². The molecule has 1 radical (unpaired) electrons. The fourth-order valence-electron chi connectivity index (χ4n) is 3.13. The molecule has 0 aliphatic carbocycles. The molecule has 1 rings (SSSR count). The SMILES string of the molecule is [CH2]CC(N1CCCCC1)N(CCC(C)C)CCC(C)(C)C. The number of hydrogen-bond donors (Lipinski definition) is 0. The second-order valence-electron chi connectivity index (χ2n) is 8.40. The van der Waals surface area contributed by atoms with Crippen LogP contribution in [0.5, 0.6) is 0 Å². The molecule has 21 heavy (non-hydrogen) atoms. The number of nitrogens with zero attached hydrogens (tertiary/aromatic N) is 2. The maximum atomic E-state index is 4.27. The summed E-state index contributed by atoms with van der Waals surface area (Å²) < 4.78 is 0. The Hall–Kier alpha value is -0.0800. The molecule has 0 saturated carbocycles. The summed E-state index contributed by atoms with van der Waals surface area (Å²) in [5, 5.41) is 0. The average Bonchev–Trinajstić information content (AvgIpc) is 2.42. The Morgan fingerprint density at radius 2 is 1.67 bits per heavy atom. The molecule has 1 fully saturated rings. The fourth-order valence-corrected chi connectivity index (χ4v) is 3.13. The summed E-state index contributed by atoms with van der Waals surface area (Å²) in [4.78, 5) is 5.42. The first-order valence-corrected chi connectivity index (χ1v) is 9.11. The highest BCUT2D eigenvalue weighted by atomic mass is 15.3. The van der Waals surface area contributed by atoms with Crippen LogP contribution in [-0.2, 0) is 0 Å². The maximum absolute atomic E-state index is 4.27. The van der Waals surface area contributed by atoms with Crippen molar-refractivity contribution in [3.05, 3.63) is 6.92 Å².